The number of thioether (sulfide) groups is 1. The number of amides is 3. The Bertz CT molecular complexity index is 1070. The van der Waals surface area contributed by atoms with Crippen molar-refractivity contribution in [1.29, 1.82) is 0 Å². The maximum Gasteiger partial charge on any atom is 0.256 e. The number of para-hydroxylation sites is 1. The predicted molar refractivity (Wildman–Crippen MR) is 123 cm³/mol. The van der Waals surface area contributed by atoms with E-state index in [9.17, 15) is 14.4 Å². The van der Waals surface area contributed by atoms with Gasteiger partial charge in [-0.15, -0.1) is 11.8 Å². The monoisotopic (exact) mass is 453 g/mol. The van der Waals surface area contributed by atoms with Gasteiger partial charge in [0.25, 0.3) is 5.91 Å². The highest BCUT2D eigenvalue weighted by Gasteiger charge is 2.57. The van der Waals surface area contributed by atoms with E-state index in [-0.39, 0.29) is 29.6 Å². The van der Waals surface area contributed by atoms with E-state index < -0.39 is 16.8 Å². The van der Waals surface area contributed by atoms with Crippen molar-refractivity contribution in [3.05, 3.63) is 65.2 Å². The van der Waals surface area contributed by atoms with E-state index in [4.69, 9.17) is 4.74 Å². The first-order chi connectivity index (χ1) is 15.2. The predicted octanol–water partition coefficient (Wildman–Crippen LogP) is 2.86. The molecule has 3 amide bonds. The molecule has 2 aliphatic heterocycles. The number of benzene rings is 2. The van der Waals surface area contributed by atoms with Gasteiger partial charge in [-0.2, -0.15) is 0 Å². The highest BCUT2D eigenvalue weighted by molar-refractivity contribution is 8.01. The first kappa shape index (κ1) is 22.2. The lowest BCUT2D eigenvalue weighted by molar-refractivity contribution is -0.131. The number of hydrogen-bond donors (Lipinski definition) is 2. The molecule has 7 nitrogen and oxygen atoms in total. The largest absolute Gasteiger partial charge is 0.496 e. The summed E-state index contributed by atoms with van der Waals surface area (Å²) in [7, 11) is 1.58. The normalized spacial score (nSPS) is 21.5. The molecule has 0 radical (unpaired) electrons. The summed E-state index contributed by atoms with van der Waals surface area (Å²) in [6, 6.07) is 13.5. The summed E-state index contributed by atoms with van der Waals surface area (Å²) in [6.45, 7) is 5.85. The van der Waals surface area contributed by atoms with E-state index in [1.165, 1.54) is 0 Å². The standard InChI is InChI=1S/C24H27N3O4S/c1-14(20(28)25-13-15-9-5-8-12-18(15)31-4)26-21(29)19-24(2,3)32-23-17-11-7-6-10-16(17)22(30)27(19)23/h5-12,14,19,23H,13H2,1-4H3,(H,25,28)(H,26,29). The molecule has 168 valence electrons. The second kappa shape index (κ2) is 8.50. The minimum atomic E-state index is -0.753. The summed E-state index contributed by atoms with van der Waals surface area (Å²) in [5.41, 5.74) is 2.42. The molecule has 32 heavy (non-hydrogen) atoms. The van der Waals surface area contributed by atoms with E-state index in [0.717, 1.165) is 11.1 Å². The van der Waals surface area contributed by atoms with Crippen LogP contribution in [-0.4, -0.2) is 46.6 Å². The molecule has 0 spiro atoms. The Hall–Kier alpha value is -3.00. The van der Waals surface area contributed by atoms with Crippen LogP contribution in [-0.2, 0) is 16.1 Å². The third kappa shape index (κ3) is 3.83. The summed E-state index contributed by atoms with van der Waals surface area (Å²) in [6.07, 6.45) is 0. The van der Waals surface area contributed by atoms with E-state index in [2.05, 4.69) is 10.6 Å². The molecule has 1 saturated heterocycles. The van der Waals surface area contributed by atoms with Gasteiger partial charge >= 0.3 is 0 Å². The molecular formula is C24H27N3O4S. The van der Waals surface area contributed by atoms with E-state index in [1.807, 2.05) is 56.3 Å². The van der Waals surface area contributed by atoms with Crippen molar-refractivity contribution in [2.45, 2.75) is 49.5 Å². The van der Waals surface area contributed by atoms with Crippen LogP contribution in [0.5, 0.6) is 5.75 Å². The first-order valence-electron chi connectivity index (χ1n) is 10.5. The molecule has 0 bridgehead atoms. The summed E-state index contributed by atoms with van der Waals surface area (Å²) in [5, 5.41) is 5.46. The molecule has 2 aliphatic rings. The SMILES string of the molecule is COc1ccccc1CNC(=O)C(C)NC(=O)C1N2C(=O)c3ccccc3C2SC1(C)C. The van der Waals surface area contributed by atoms with Gasteiger partial charge in [0.05, 0.1) is 7.11 Å². The van der Waals surface area contributed by atoms with Crippen molar-refractivity contribution in [2.24, 2.45) is 0 Å². The Kier molecular flexibility index (Phi) is 5.90. The zero-order valence-electron chi connectivity index (χ0n) is 18.5. The van der Waals surface area contributed by atoms with Gasteiger partial charge in [-0.25, -0.2) is 0 Å². The number of fused-ring (bicyclic) bond motifs is 3. The average Bonchev–Trinajstić information content (AvgIpc) is 3.21. The van der Waals surface area contributed by atoms with Gasteiger partial charge in [0.1, 0.15) is 23.2 Å². The Labute approximate surface area is 191 Å². The molecule has 2 N–H and O–H groups in total. The number of hydrogen-bond acceptors (Lipinski definition) is 5. The molecular weight excluding hydrogens is 426 g/mol. The third-order valence-electron chi connectivity index (χ3n) is 5.94. The van der Waals surface area contributed by atoms with Crippen molar-refractivity contribution in [1.82, 2.24) is 15.5 Å². The molecule has 0 aromatic heterocycles. The van der Waals surface area contributed by atoms with Crippen molar-refractivity contribution in [3.8, 4) is 5.75 Å². The van der Waals surface area contributed by atoms with Gasteiger partial charge in [0.2, 0.25) is 11.8 Å². The van der Waals surface area contributed by atoms with E-state index in [0.29, 0.717) is 11.3 Å². The van der Waals surface area contributed by atoms with Crippen LogP contribution in [0.2, 0.25) is 0 Å². The minimum absolute atomic E-state index is 0.142. The third-order valence-corrected chi connectivity index (χ3v) is 7.48. The smallest absolute Gasteiger partial charge is 0.256 e. The van der Waals surface area contributed by atoms with Crippen molar-refractivity contribution >= 4 is 29.5 Å². The van der Waals surface area contributed by atoms with Crippen LogP contribution in [0, 0.1) is 0 Å². The maximum absolute atomic E-state index is 13.3. The number of nitrogens with zero attached hydrogens (tertiary/aromatic N) is 1. The second-order valence-electron chi connectivity index (χ2n) is 8.54. The molecule has 3 unspecified atom stereocenters. The van der Waals surface area contributed by atoms with Crippen molar-refractivity contribution < 1.29 is 19.1 Å². The van der Waals surface area contributed by atoms with Crippen LogP contribution in [0.4, 0.5) is 0 Å². The molecule has 2 heterocycles. The number of nitrogens with one attached hydrogen (secondary N) is 2. The lowest BCUT2D eigenvalue weighted by atomic mass is 10.0. The Morgan fingerprint density at radius 1 is 1.16 bits per heavy atom. The van der Waals surface area contributed by atoms with Crippen molar-refractivity contribution in [3.63, 3.8) is 0 Å². The van der Waals surface area contributed by atoms with Gasteiger partial charge in [-0.05, 0) is 38.5 Å². The minimum Gasteiger partial charge on any atom is -0.496 e. The molecule has 8 heteroatoms. The van der Waals surface area contributed by atoms with Gasteiger partial charge in [0.15, 0.2) is 0 Å². The fourth-order valence-corrected chi connectivity index (χ4v) is 5.94. The second-order valence-corrected chi connectivity index (χ2v) is 10.3. The molecule has 3 atom stereocenters. The molecule has 4 rings (SSSR count). The lowest BCUT2D eigenvalue weighted by Crippen LogP contribution is -2.56. The number of rotatable bonds is 6. The Balaban J connectivity index is 1.44. The zero-order valence-corrected chi connectivity index (χ0v) is 19.4. The summed E-state index contributed by atoms with van der Waals surface area (Å²) in [4.78, 5) is 40.6. The van der Waals surface area contributed by atoms with Crippen LogP contribution >= 0.6 is 11.8 Å². The lowest BCUT2D eigenvalue weighted by Gasteiger charge is -2.30. The molecule has 1 fully saturated rings. The van der Waals surface area contributed by atoms with Gasteiger partial charge in [-0.1, -0.05) is 36.4 Å². The summed E-state index contributed by atoms with van der Waals surface area (Å²) in [5.74, 6) is -0.0872. The Morgan fingerprint density at radius 3 is 2.59 bits per heavy atom. The maximum atomic E-state index is 13.3. The topological polar surface area (TPSA) is 87.7 Å². The van der Waals surface area contributed by atoms with Gasteiger partial charge in [-0.3, -0.25) is 14.4 Å². The fourth-order valence-electron chi connectivity index (χ4n) is 4.35. The summed E-state index contributed by atoms with van der Waals surface area (Å²) >= 11 is 1.60. The number of carbonyl (C=O) groups is 3. The molecule has 0 saturated carbocycles. The highest BCUT2D eigenvalue weighted by atomic mass is 32.2. The fraction of sp³-hybridized carbons (Fsp3) is 0.375. The van der Waals surface area contributed by atoms with Crippen LogP contribution in [0.1, 0.15) is 47.6 Å². The molecule has 2 aromatic carbocycles. The van der Waals surface area contributed by atoms with Gasteiger partial charge < -0.3 is 20.3 Å². The molecule has 2 aromatic rings. The van der Waals surface area contributed by atoms with E-state index >= 15 is 0 Å². The number of ether oxygens (including phenoxy) is 1. The average molecular weight is 454 g/mol. The van der Waals surface area contributed by atoms with Gasteiger partial charge in [0, 0.05) is 22.4 Å². The highest BCUT2D eigenvalue weighted by Crippen LogP contribution is 2.56. The quantitative estimate of drug-likeness (QED) is 0.702. The van der Waals surface area contributed by atoms with Crippen LogP contribution in [0.15, 0.2) is 48.5 Å². The van der Waals surface area contributed by atoms with Crippen LogP contribution in [0.3, 0.4) is 0 Å². The van der Waals surface area contributed by atoms with Crippen molar-refractivity contribution in [2.75, 3.05) is 7.11 Å². The first-order valence-corrected chi connectivity index (χ1v) is 11.4. The van der Waals surface area contributed by atoms with E-state index in [1.54, 1.807) is 36.8 Å². The summed E-state index contributed by atoms with van der Waals surface area (Å²) < 4.78 is 4.81. The Morgan fingerprint density at radius 2 is 1.84 bits per heavy atom. The van der Waals surface area contributed by atoms with Crippen LogP contribution in [0.25, 0.3) is 0 Å². The number of methoxy groups -OCH3 is 1. The molecule has 0 aliphatic carbocycles. The van der Waals surface area contributed by atoms with Crippen LogP contribution < -0.4 is 15.4 Å². The zero-order chi connectivity index (χ0) is 23.0. The number of carbonyl (C=O) groups excluding carboxylic acids is 3.